The molecule has 0 radical (unpaired) electrons. The number of carbonyl (C=O) groups is 2. The monoisotopic (exact) mass is 342 g/mol. The summed E-state index contributed by atoms with van der Waals surface area (Å²) < 4.78 is 9.77. The Morgan fingerprint density at radius 1 is 0.920 bits per heavy atom. The minimum atomic E-state index is -0.291. The predicted molar refractivity (Wildman–Crippen MR) is 98.7 cm³/mol. The molecule has 0 saturated carbocycles. The molecular formula is C21H26O4. The van der Waals surface area contributed by atoms with Crippen LogP contribution in [0.5, 0.6) is 5.75 Å². The average molecular weight is 342 g/mol. The molecule has 0 N–H and O–H groups in total. The fourth-order valence-corrected chi connectivity index (χ4v) is 2.12. The van der Waals surface area contributed by atoms with Crippen LogP contribution < -0.4 is 4.74 Å². The summed E-state index contributed by atoms with van der Waals surface area (Å²) in [7, 11) is 1.37. The highest BCUT2D eigenvalue weighted by atomic mass is 16.5. The Hall–Kier alpha value is -2.62. The predicted octanol–water partition coefficient (Wildman–Crippen LogP) is 4.81. The third kappa shape index (κ3) is 7.21. The molecule has 0 aliphatic rings. The molecule has 0 aliphatic heterocycles. The number of hydrogen-bond acceptors (Lipinski definition) is 4. The van der Waals surface area contributed by atoms with E-state index in [1.807, 2.05) is 51.1 Å². The van der Waals surface area contributed by atoms with Gasteiger partial charge >= 0.3 is 11.9 Å². The largest absolute Gasteiger partial charge is 0.465 e. The van der Waals surface area contributed by atoms with Gasteiger partial charge in [-0.05, 0) is 44.0 Å². The lowest BCUT2D eigenvalue weighted by molar-refractivity contribution is -0.139. The van der Waals surface area contributed by atoms with Crippen LogP contribution in [0.25, 0.3) is 0 Å². The molecule has 0 amide bonds. The van der Waals surface area contributed by atoms with Crippen molar-refractivity contribution in [3.8, 4) is 5.75 Å². The highest BCUT2D eigenvalue weighted by Gasteiger charge is 2.16. The maximum Gasteiger partial charge on any atom is 0.337 e. The SMILES string of the molecule is CCC(CC)C(=O)Oc1ccc(C)cc1.COC(=O)c1ccccc1. The number of ether oxygens (including phenoxy) is 2. The second-order valence-corrected chi connectivity index (χ2v) is 5.61. The summed E-state index contributed by atoms with van der Waals surface area (Å²) >= 11 is 0. The van der Waals surface area contributed by atoms with Crippen molar-refractivity contribution >= 4 is 11.9 Å². The third-order valence-electron chi connectivity index (χ3n) is 3.75. The van der Waals surface area contributed by atoms with E-state index in [4.69, 9.17) is 4.74 Å². The Morgan fingerprint density at radius 2 is 1.48 bits per heavy atom. The van der Waals surface area contributed by atoms with E-state index >= 15 is 0 Å². The Bertz CT molecular complexity index is 643. The number of hydrogen-bond donors (Lipinski definition) is 0. The van der Waals surface area contributed by atoms with Crippen molar-refractivity contribution in [3.05, 3.63) is 65.7 Å². The van der Waals surface area contributed by atoms with Gasteiger partial charge in [0.05, 0.1) is 18.6 Å². The molecule has 0 aliphatic carbocycles. The quantitative estimate of drug-likeness (QED) is 0.578. The molecule has 0 heterocycles. The summed E-state index contributed by atoms with van der Waals surface area (Å²) in [6.45, 7) is 6.02. The van der Waals surface area contributed by atoms with E-state index in [2.05, 4.69) is 4.74 Å². The first-order valence-electron chi connectivity index (χ1n) is 8.43. The van der Waals surface area contributed by atoms with E-state index in [-0.39, 0.29) is 17.9 Å². The van der Waals surface area contributed by atoms with Crippen molar-refractivity contribution < 1.29 is 19.1 Å². The average Bonchev–Trinajstić information content (AvgIpc) is 2.65. The third-order valence-corrected chi connectivity index (χ3v) is 3.75. The number of aryl methyl sites for hydroxylation is 1. The van der Waals surface area contributed by atoms with Crippen LogP contribution in [0.15, 0.2) is 54.6 Å². The lowest BCUT2D eigenvalue weighted by Gasteiger charge is -2.11. The number of esters is 2. The lowest BCUT2D eigenvalue weighted by Crippen LogP contribution is -2.19. The standard InChI is InChI=1S/C13H18O2.C8H8O2/c1-4-11(5-2)13(14)15-12-8-6-10(3)7-9-12;1-10-8(9)7-5-3-2-4-6-7/h6-9,11H,4-5H2,1-3H3;2-6H,1H3. The summed E-state index contributed by atoms with van der Waals surface area (Å²) in [5.41, 5.74) is 1.75. The number of benzene rings is 2. The minimum Gasteiger partial charge on any atom is -0.465 e. The molecule has 4 nitrogen and oxygen atoms in total. The molecule has 0 unspecified atom stereocenters. The molecule has 2 rings (SSSR count). The van der Waals surface area contributed by atoms with Gasteiger partial charge in [0.2, 0.25) is 0 Å². The first-order chi connectivity index (χ1) is 12.0. The van der Waals surface area contributed by atoms with Crippen LogP contribution >= 0.6 is 0 Å². The zero-order chi connectivity index (χ0) is 18.7. The molecule has 2 aromatic rings. The zero-order valence-electron chi connectivity index (χ0n) is 15.3. The van der Waals surface area contributed by atoms with Gasteiger partial charge in [-0.1, -0.05) is 49.7 Å². The van der Waals surface area contributed by atoms with Gasteiger partial charge in [0.25, 0.3) is 0 Å². The Morgan fingerprint density at radius 3 is 1.96 bits per heavy atom. The Kier molecular flexibility index (Phi) is 9.01. The summed E-state index contributed by atoms with van der Waals surface area (Å²) in [5.74, 6) is 0.244. The Balaban J connectivity index is 0.000000271. The first kappa shape index (κ1) is 20.4. The first-order valence-corrected chi connectivity index (χ1v) is 8.43. The van der Waals surface area contributed by atoms with Crippen LogP contribution in [-0.2, 0) is 9.53 Å². The highest BCUT2D eigenvalue weighted by molar-refractivity contribution is 5.89. The highest BCUT2D eigenvalue weighted by Crippen LogP contribution is 2.16. The normalized spacial score (nSPS) is 9.80. The van der Waals surface area contributed by atoms with E-state index in [1.165, 1.54) is 7.11 Å². The Labute approximate surface area is 149 Å². The molecule has 2 aromatic carbocycles. The molecule has 0 spiro atoms. The van der Waals surface area contributed by atoms with Gasteiger partial charge in [0, 0.05) is 0 Å². The van der Waals surface area contributed by atoms with Gasteiger partial charge in [-0.15, -0.1) is 0 Å². The minimum absolute atomic E-state index is 0.0197. The van der Waals surface area contributed by atoms with Crippen LogP contribution in [0.4, 0.5) is 0 Å². The van der Waals surface area contributed by atoms with Crippen molar-refractivity contribution in [2.45, 2.75) is 33.6 Å². The van der Waals surface area contributed by atoms with Crippen LogP contribution in [0.1, 0.15) is 42.6 Å². The molecule has 0 bridgehead atoms. The second kappa shape index (κ2) is 11.0. The van der Waals surface area contributed by atoms with Crippen molar-refractivity contribution in [3.63, 3.8) is 0 Å². The van der Waals surface area contributed by atoms with Gasteiger partial charge in [0.1, 0.15) is 5.75 Å². The second-order valence-electron chi connectivity index (χ2n) is 5.61. The van der Waals surface area contributed by atoms with Crippen molar-refractivity contribution in [1.82, 2.24) is 0 Å². The number of carbonyl (C=O) groups excluding carboxylic acids is 2. The van der Waals surface area contributed by atoms with Crippen molar-refractivity contribution in [2.75, 3.05) is 7.11 Å². The summed E-state index contributed by atoms with van der Waals surface area (Å²) in [6.07, 6.45) is 1.67. The van der Waals surface area contributed by atoms with E-state index in [9.17, 15) is 9.59 Å². The summed E-state index contributed by atoms with van der Waals surface area (Å²) in [4.78, 5) is 22.4. The molecule has 0 atom stereocenters. The number of rotatable bonds is 5. The van der Waals surface area contributed by atoms with Gasteiger partial charge in [0.15, 0.2) is 0 Å². The summed E-state index contributed by atoms with van der Waals surface area (Å²) in [5, 5.41) is 0. The number of methoxy groups -OCH3 is 1. The maximum absolute atomic E-state index is 11.6. The molecule has 25 heavy (non-hydrogen) atoms. The van der Waals surface area contributed by atoms with Crippen LogP contribution in [0.3, 0.4) is 0 Å². The molecule has 0 saturated heterocycles. The van der Waals surface area contributed by atoms with Gasteiger partial charge in [-0.25, -0.2) is 4.79 Å². The van der Waals surface area contributed by atoms with Gasteiger partial charge in [-0.3, -0.25) is 4.79 Å². The lowest BCUT2D eigenvalue weighted by atomic mass is 10.0. The van der Waals surface area contributed by atoms with E-state index < -0.39 is 0 Å². The molecular weight excluding hydrogens is 316 g/mol. The van der Waals surface area contributed by atoms with Gasteiger partial charge in [-0.2, -0.15) is 0 Å². The maximum atomic E-state index is 11.6. The molecule has 134 valence electrons. The fourth-order valence-electron chi connectivity index (χ4n) is 2.12. The molecule has 4 heteroatoms. The smallest absolute Gasteiger partial charge is 0.337 e. The molecule has 0 aromatic heterocycles. The van der Waals surface area contributed by atoms with Crippen molar-refractivity contribution in [1.29, 1.82) is 0 Å². The van der Waals surface area contributed by atoms with Crippen molar-refractivity contribution in [2.24, 2.45) is 5.92 Å². The zero-order valence-corrected chi connectivity index (χ0v) is 15.3. The fraction of sp³-hybridized carbons (Fsp3) is 0.333. The van der Waals surface area contributed by atoms with Crippen LogP contribution in [-0.4, -0.2) is 19.0 Å². The van der Waals surface area contributed by atoms with Crippen LogP contribution in [0, 0.1) is 12.8 Å². The van der Waals surface area contributed by atoms with E-state index in [0.29, 0.717) is 11.3 Å². The van der Waals surface area contributed by atoms with Crippen LogP contribution in [0.2, 0.25) is 0 Å². The van der Waals surface area contributed by atoms with E-state index in [1.54, 1.807) is 24.3 Å². The molecule has 0 fully saturated rings. The van der Waals surface area contributed by atoms with Gasteiger partial charge < -0.3 is 9.47 Å². The summed E-state index contributed by atoms with van der Waals surface area (Å²) in [6, 6.07) is 16.4. The van der Waals surface area contributed by atoms with E-state index in [0.717, 1.165) is 18.4 Å². The topological polar surface area (TPSA) is 52.6 Å².